The SMILES string of the molecule is O=C(NCCc1ncon1)C1NCCc2ccccc21. The van der Waals surface area contributed by atoms with Crippen molar-refractivity contribution in [1.82, 2.24) is 20.8 Å². The third-order valence-corrected chi connectivity index (χ3v) is 3.43. The minimum atomic E-state index is -0.273. The molecule has 0 saturated carbocycles. The van der Waals surface area contributed by atoms with Gasteiger partial charge in [-0.05, 0) is 17.5 Å². The van der Waals surface area contributed by atoms with E-state index in [4.69, 9.17) is 0 Å². The lowest BCUT2D eigenvalue weighted by Crippen LogP contribution is -2.42. The number of benzene rings is 1. The number of hydrogen-bond donors (Lipinski definition) is 2. The minimum Gasteiger partial charge on any atom is -0.354 e. The van der Waals surface area contributed by atoms with Crippen LogP contribution in [-0.4, -0.2) is 29.1 Å². The van der Waals surface area contributed by atoms with Gasteiger partial charge >= 0.3 is 0 Å². The molecule has 1 amide bonds. The first-order valence-electron chi connectivity index (χ1n) is 6.69. The number of carbonyl (C=O) groups excluding carboxylic acids is 1. The van der Waals surface area contributed by atoms with Crippen molar-refractivity contribution in [3.8, 4) is 0 Å². The monoisotopic (exact) mass is 272 g/mol. The van der Waals surface area contributed by atoms with Crippen molar-refractivity contribution in [2.75, 3.05) is 13.1 Å². The summed E-state index contributed by atoms with van der Waals surface area (Å²) < 4.78 is 4.65. The maximum Gasteiger partial charge on any atom is 0.241 e. The number of aromatic nitrogens is 2. The van der Waals surface area contributed by atoms with E-state index in [9.17, 15) is 4.79 Å². The molecule has 1 atom stereocenters. The van der Waals surface area contributed by atoms with Gasteiger partial charge in [-0.2, -0.15) is 4.98 Å². The van der Waals surface area contributed by atoms with Gasteiger partial charge in [0.15, 0.2) is 5.82 Å². The average Bonchev–Trinajstić information content (AvgIpc) is 3.00. The van der Waals surface area contributed by atoms with E-state index in [2.05, 4.69) is 31.4 Å². The van der Waals surface area contributed by atoms with E-state index in [0.717, 1.165) is 18.5 Å². The quantitative estimate of drug-likeness (QED) is 0.852. The van der Waals surface area contributed by atoms with Gasteiger partial charge in [0.1, 0.15) is 6.04 Å². The van der Waals surface area contributed by atoms with Crippen LogP contribution in [0.15, 0.2) is 35.2 Å². The van der Waals surface area contributed by atoms with E-state index in [1.807, 2.05) is 18.2 Å². The molecule has 0 bridgehead atoms. The Hall–Kier alpha value is -2.21. The fourth-order valence-corrected chi connectivity index (χ4v) is 2.44. The van der Waals surface area contributed by atoms with Crippen LogP contribution in [0.1, 0.15) is 23.0 Å². The molecule has 2 N–H and O–H groups in total. The van der Waals surface area contributed by atoms with E-state index in [1.54, 1.807) is 0 Å². The van der Waals surface area contributed by atoms with Crippen LogP contribution in [-0.2, 0) is 17.6 Å². The summed E-state index contributed by atoms with van der Waals surface area (Å²) in [4.78, 5) is 16.2. The van der Waals surface area contributed by atoms with Gasteiger partial charge in [-0.1, -0.05) is 29.4 Å². The lowest BCUT2D eigenvalue weighted by molar-refractivity contribution is -0.123. The first kappa shape index (κ1) is 12.8. The molecule has 0 saturated heterocycles. The lowest BCUT2D eigenvalue weighted by atomic mass is 9.94. The maximum absolute atomic E-state index is 12.3. The molecule has 1 aliphatic heterocycles. The molecule has 0 spiro atoms. The van der Waals surface area contributed by atoms with E-state index in [-0.39, 0.29) is 11.9 Å². The van der Waals surface area contributed by atoms with Gasteiger partial charge in [0, 0.05) is 19.5 Å². The molecule has 1 unspecified atom stereocenters. The molecule has 0 fully saturated rings. The molecular formula is C14H16N4O2. The zero-order valence-electron chi connectivity index (χ0n) is 11.0. The second-order valence-electron chi connectivity index (χ2n) is 4.72. The third kappa shape index (κ3) is 2.70. The molecule has 6 nitrogen and oxygen atoms in total. The number of hydrogen-bond acceptors (Lipinski definition) is 5. The summed E-state index contributed by atoms with van der Waals surface area (Å²) in [6, 6.07) is 7.78. The highest BCUT2D eigenvalue weighted by Crippen LogP contribution is 2.22. The highest BCUT2D eigenvalue weighted by molar-refractivity contribution is 5.83. The van der Waals surface area contributed by atoms with Gasteiger partial charge < -0.3 is 15.2 Å². The van der Waals surface area contributed by atoms with Gasteiger partial charge in [0.05, 0.1) is 0 Å². The average molecular weight is 272 g/mol. The molecule has 20 heavy (non-hydrogen) atoms. The molecule has 1 aromatic heterocycles. The Balaban J connectivity index is 1.60. The van der Waals surface area contributed by atoms with Gasteiger partial charge in [-0.3, -0.25) is 4.79 Å². The van der Waals surface area contributed by atoms with Crippen LogP contribution in [0.2, 0.25) is 0 Å². The topological polar surface area (TPSA) is 80.1 Å². The highest BCUT2D eigenvalue weighted by atomic mass is 16.5. The van der Waals surface area contributed by atoms with Crippen molar-refractivity contribution < 1.29 is 9.32 Å². The Kier molecular flexibility index (Phi) is 3.73. The number of carbonyl (C=O) groups is 1. The predicted octanol–water partition coefficient (Wildman–Crippen LogP) is 0.615. The Labute approximate surface area is 116 Å². The zero-order valence-corrected chi connectivity index (χ0v) is 11.0. The molecule has 2 aromatic rings. The fourth-order valence-electron chi connectivity index (χ4n) is 2.44. The number of nitrogens with one attached hydrogen (secondary N) is 2. The van der Waals surface area contributed by atoms with Crippen molar-refractivity contribution >= 4 is 5.91 Å². The van der Waals surface area contributed by atoms with Crippen LogP contribution in [0.25, 0.3) is 0 Å². The van der Waals surface area contributed by atoms with Crippen molar-refractivity contribution in [2.45, 2.75) is 18.9 Å². The van der Waals surface area contributed by atoms with E-state index >= 15 is 0 Å². The smallest absolute Gasteiger partial charge is 0.241 e. The first-order valence-corrected chi connectivity index (χ1v) is 6.69. The summed E-state index contributed by atoms with van der Waals surface area (Å²) in [5.74, 6) is 0.586. The van der Waals surface area contributed by atoms with E-state index in [1.165, 1.54) is 12.0 Å². The second-order valence-corrected chi connectivity index (χ2v) is 4.72. The fraction of sp³-hybridized carbons (Fsp3) is 0.357. The number of fused-ring (bicyclic) bond motifs is 1. The molecule has 0 radical (unpaired) electrons. The van der Waals surface area contributed by atoms with E-state index < -0.39 is 0 Å². The summed E-state index contributed by atoms with van der Waals surface area (Å²) in [5.41, 5.74) is 2.31. The largest absolute Gasteiger partial charge is 0.354 e. The first-order chi connectivity index (χ1) is 9.84. The Morgan fingerprint density at radius 2 is 2.35 bits per heavy atom. The van der Waals surface area contributed by atoms with Gasteiger partial charge in [-0.15, -0.1) is 0 Å². The Morgan fingerprint density at radius 1 is 1.45 bits per heavy atom. The van der Waals surface area contributed by atoms with Crippen molar-refractivity contribution in [3.63, 3.8) is 0 Å². The molecule has 0 aliphatic carbocycles. The van der Waals surface area contributed by atoms with Gasteiger partial charge in [-0.25, -0.2) is 0 Å². The van der Waals surface area contributed by atoms with Gasteiger partial charge in [0.2, 0.25) is 12.3 Å². The van der Waals surface area contributed by atoms with E-state index in [0.29, 0.717) is 18.8 Å². The Morgan fingerprint density at radius 3 is 3.20 bits per heavy atom. The predicted molar refractivity (Wildman–Crippen MR) is 71.9 cm³/mol. The van der Waals surface area contributed by atoms with Crippen LogP contribution in [0.5, 0.6) is 0 Å². The normalized spacial score (nSPS) is 17.5. The van der Waals surface area contributed by atoms with Crippen LogP contribution in [0.4, 0.5) is 0 Å². The molecule has 2 heterocycles. The summed E-state index contributed by atoms with van der Waals surface area (Å²) >= 11 is 0. The molecule has 104 valence electrons. The molecule has 3 rings (SSSR count). The minimum absolute atomic E-state index is 0.0133. The highest BCUT2D eigenvalue weighted by Gasteiger charge is 2.25. The Bertz CT molecular complexity index is 583. The summed E-state index contributed by atoms with van der Waals surface area (Å²) in [7, 11) is 0. The standard InChI is InChI=1S/C14H16N4O2/c19-14(16-8-6-12-17-9-20-18-12)13-11-4-2-1-3-10(11)5-7-15-13/h1-4,9,13,15H,5-8H2,(H,16,19). The summed E-state index contributed by atoms with van der Waals surface area (Å²) in [5, 5.41) is 9.87. The summed E-state index contributed by atoms with van der Waals surface area (Å²) in [6.45, 7) is 1.32. The molecule has 6 heteroatoms. The number of amides is 1. The maximum atomic E-state index is 12.3. The zero-order chi connectivity index (χ0) is 13.8. The van der Waals surface area contributed by atoms with Crippen LogP contribution < -0.4 is 10.6 Å². The van der Waals surface area contributed by atoms with Crippen LogP contribution >= 0.6 is 0 Å². The molecule has 1 aromatic carbocycles. The van der Waals surface area contributed by atoms with Gasteiger partial charge in [0.25, 0.3) is 0 Å². The second kappa shape index (κ2) is 5.83. The van der Waals surface area contributed by atoms with Crippen molar-refractivity contribution in [3.05, 3.63) is 47.6 Å². The van der Waals surface area contributed by atoms with Crippen molar-refractivity contribution in [2.24, 2.45) is 0 Å². The van der Waals surface area contributed by atoms with Crippen LogP contribution in [0.3, 0.4) is 0 Å². The third-order valence-electron chi connectivity index (χ3n) is 3.43. The lowest BCUT2D eigenvalue weighted by Gasteiger charge is -2.25. The number of nitrogens with zero attached hydrogens (tertiary/aromatic N) is 2. The number of rotatable bonds is 4. The van der Waals surface area contributed by atoms with Crippen LogP contribution in [0, 0.1) is 0 Å². The molecular weight excluding hydrogens is 256 g/mol. The summed E-state index contributed by atoms with van der Waals surface area (Å²) in [6.07, 6.45) is 2.81. The van der Waals surface area contributed by atoms with Crippen molar-refractivity contribution in [1.29, 1.82) is 0 Å². The molecule has 1 aliphatic rings.